The van der Waals surface area contributed by atoms with Gasteiger partial charge in [-0.15, -0.1) is 10.2 Å². The van der Waals surface area contributed by atoms with Crippen LogP contribution in [0, 0.1) is 0 Å². The summed E-state index contributed by atoms with van der Waals surface area (Å²) in [5, 5.41) is 9.20. The first kappa shape index (κ1) is 17.9. The summed E-state index contributed by atoms with van der Waals surface area (Å²) in [6.45, 7) is 7.64. The third-order valence-electron chi connectivity index (χ3n) is 5.91. The maximum atomic E-state index is 12.1. The van der Waals surface area contributed by atoms with E-state index in [0.717, 1.165) is 38.3 Å². The normalized spacial score (nSPS) is 22.3. The molecule has 3 fully saturated rings. The molecule has 2 saturated heterocycles. The van der Waals surface area contributed by atoms with Crippen LogP contribution in [0.2, 0.25) is 0 Å². The molecule has 1 aromatic rings. The molecule has 3 aliphatic rings. The minimum Gasteiger partial charge on any atom is -0.372 e. The molecule has 0 N–H and O–H groups in total. The largest absolute Gasteiger partial charge is 0.372 e. The van der Waals surface area contributed by atoms with Gasteiger partial charge in [-0.05, 0) is 58.5 Å². The number of likely N-dealkylation sites (tertiary alicyclic amines) is 2. The molecular formula is C19H31N5O2. The molecule has 3 heterocycles. The van der Waals surface area contributed by atoms with Gasteiger partial charge in [-0.3, -0.25) is 9.69 Å². The van der Waals surface area contributed by atoms with E-state index in [1.54, 1.807) is 0 Å². The van der Waals surface area contributed by atoms with Gasteiger partial charge in [-0.25, -0.2) is 0 Å². The first-order chi connectivity index (χ1) is 12.8. The average molecular weight is 361 g/mol. The summed E-state index contributed by atoms with van der Waals surface area (Å²) in [4.78, 5) is 16.6. The van der Waals surface area contributed by atoms with Crippen molar-refractivity contribution in [1.82, 2.24) is 24.6 Å². The van der Waals surface area contributed by atoms with Gasteiger partial charge in [0.2, 0.25) is 5.91 Å². The van der Waals surface area contributed by atoms with Gasteiger partial charge in [-0.2, -0.15) is 0 Å². The van der Waals surface area contributed by atoms with Crippen LogP contribution in [-0.2, 0) is 16.1 Å². The summed E-state index contributed by atoms with van der Waals surface area (Å²) in [6.07, 6.45) is 7.07. The van der Waals surface area contributed by atoms with Gasteiger partial charge >= 0.3 is 0 Å². The number of amides is 1. The fourth-order valence-corrected chi connectivity index (χ4v) is 4.26. The summed E-state index contributed by atoms with van der Waals surface area (Å²) in [5.41, 5.74) is 0. The van der Waals surface area contributed by atoms with E-state index < -0.39 is 0 Å². The molecule has 1 aromatic heterocycles. The topological polar surface area (TPSA) is 63.5 Å². The highest BCUT2D eigenvalue weighted by molar-refractivity contribution is 5.77. The fourth-order valence-electron chi connectivity index (χ4n) is 4.26. The van der Waals surface area contributed by atoms with Crippen LogP contribution in [0.25, 0.3) is 0 Å². The number of nitrogens with zero attached hydrogens (tertiary/aromatic N) is 5. The van der Waals surface area contributed by atoms with Crippen molar-refractivity contribution in [1.29, 1.82) is 0 Å². The van der Waals surface area contributed by atoms with Crippen LogP contribution in [0.15, 0.2) is 0 Å². The molecule has 1 saturated carbocycles. The molecule has 0 aromatic carbocycles. The van der Waals surface area contributed by atoms with Crippen LogP contribution in [-0.4, -0.2) is 69.9 Å². The third-order valence-corrected chi connectivity index (χ3v) is 5.91. The highest BCUT2D eigenvalue weighted by atomic mass is 16.5. The SMILES string of the molecule is CCOCC(=O)N1CCC(c2nnc(CN3CCCC3)n2C2CC2)CC1. The van der Waals surface area contributed by atoms with Crippen molar-refractivity contribution in [3.8, 4) is 0 Å². The molecule has 0 spiro atoms. The average Bonchev–Trinajstić information content (AvgIpc) is 3.21. The molecule has 0 bridgehead atoms. The lowest BCUT2D eigenvalue weighted by Crippen LogP contribution is -2.40. The molecule has 1 amide bonds. The smallest absolute Gasteiger partial charge is 0.248 e. The van der Waals surface area contributed by atoms with E-state index in [9.17, 15) is 4.79 Å². The summed E-state index contributed by atoms with van der Waals surface area (Å²) in [6, 6.07) is 0.607. The third kappa shape index (κ3) is 3.93. The predicted octanol–water partition coefficient (Wildman–Crippen LogP) is 1.95. The lowest BCUT2D eigenvalue weighted by Gasteiger charge is -2.31. The molecule has 0 radical (unpaired) electrons. The second kappa shape index (κ2) is 8.05. The Morgan fingerprint density at radius 2 is 1.81 bits per heavy atom. The maximum absolute atomic E-state index is 12.1. The molecule has 2 aliphatic heterocycles. The van der Waals surface area contributed by atoms with E-state index in [4.69, 9.17) is 4.74 Å². The second-order valence-corrected chi connectivity index (χ2v) is 7.85. The minimum absolute atomic E-state index is 0.115. The first-order valence-electron chi connectivity index (χ1n) is 10.3. The van der Waals surface area contributed by atoms with Crippen molar-refractivity contribution >= 4 is 5.91 Å². The number of aromatic nitrogens is 3. The van der Waals surface area contributed by atoms with Crippen molar-refractivity contribution in [2.24, 2.45) is 0 Å². The van der Waals surface area contributed by atoms with E-state index in [2.05, 4.69) is 19.7 Å². The minimum atomic E-state index is 0.115. The van der Waals surface area contributed by atoms with Crippen molar-refractivity contribution < 1.29 is 9.53 Å². The molecule has 144 valence electrons. The quantitative estimate of drug-likeness (QED) is 0.743. The molecule has 4 rings (SSSR count). The van der Waals surface area contributed by atoms with Crippen molar-refractivity contribution in [3.05, 3.63) is 11.6 Å². The molecular weight excluding hydrogens is 330 g/mol. The molecule has 1 aliphatic carbocycles. The van der Waals surface area contributed by atoms with Gasteiger partial charge in [-0.1, -0.05) is 0 Å². The first-order valence-corrected chi connectivity index (χ1v) is 10.3. The van der Waals surface area contributed by atoms with Gasteiger partial charge < -0.3 is 14.2 Å². The number of rotatable bonds is 7. The van der Waals surface area contributed by atoms with Crippen LogP contribution < -0.4 is 0 Å². The van der Waals surface area contributed by atoms with E-state index >= 15 is 0 Å². The van der Waals surface area contributed by atoms with Gasteiger partial charge in [0.25, 0.3) is 0 Å². The summed E-state index contributed by atoms with van der Waals surface area (Å²) in [5.74, 6) is 2.85. The van der Waals surface area contributed by atoms with Gasteiger partial charge in [0, 0.05) is 31.7 Å². The van der Waals surface area contributed by atoms with Crippen molar-refractivity contribution in [3.63, 3.8) is 0 Å². The van der Waals surface area contributed by atoms with Crippen LogP contribution >= 0.6 is 0 Å². The number of carbonyl (C=O) groups is 1. The molecule has 26 heavy (non-hydrogen) atoms. The van der Waals surface area contributed by atoms with Crippen molar-refractivity contribution in [2.75, 3.05) is 39.4 Å². The number of ether oxygens (including phenoxy) is 1. The Bertz CT molecular complexity index is 613. The summed E-state index contributed by atoms with van der Waals surface area (Å²) in [7, 11) is 0. The monoisotopic (exact) mass is 361 g/mol. The highest BCUT2D eigenvalue weighted by Crippen LogP contribution is 2.40. The second-order valence-electron chi connectivity index (χ2n) is 7.85. The number of hydrogen-bond acceptors (Lipinski definition) is 5. The zero-order valence-electron chi connectivity index (χ0n) is 15.9. The Morgan fingerprint density at radius 1 is 1.08 bits per heavy atom. The number of hydrogen-bond donors (Lipinski definition) is 0. The van der Waals surface area contributed by atoms with Crippen molar-refractivity contribution in [2.45, 2.75) is 64.0 Å². The zero-order chi connectivity index (χ0) is 17.9. The Kier molecular flexibility index (Phi) is 5.55. The zero-order valence-corrected chi connectivity index (χ0v) is 15.9. The lowest BCUT2D eigenvalue weighted by atomic mass is 9.95. The fraction of sp³-hybridized carbons (Fsp3) is 0.842. The van der Waals surface area contributed by atoms with E-state index in [-0.39, 0.29) is 12.5 Å². The summed E-state index contributed by atoms with van der Waals surface area (Å²) < 4.78 is 7.71. The molecule has 0 atom stereocenters. The molecule has 0 unspecified atom stereocenters. The van der Waals surface area contributed by atoms with Crippen LogP contribution in [0.1, 0.15) is 69.1 Å². The van der Waals surface area contributed by atoms with E-state index in [1.165, 1.54) is 44.6 Å². The molecule has 7 heteroatoms. The Labute approximate surface area is 155 Å². The van der Waals surface area contributed by atoms with Gasteiger partial charge in [0.1, 0.15) is 18.3 Å². The number of carbonyl (C=O) groups excluding carboxylic acids is 1. The van der Waals surface area contributed by atoms with E-state index in [0.29, 0.717) is 18.6 Å². The summed E-state index contributed by atoms with van der Waals surface area (Å²) >= 11 is 0. The van der Waals surface area contributed by atoms with Crippen LogP contribution in [0.3, 0.4) is 0 Å². The lowest BCUT2D eigenvalue weighted by molar-refractivity contribution is -0.137. The van der Waals surface area contributed by atoms with Crippen LogP contribution in [0.4, 0.5) is 0 Å². The standard InChI is InChI=1S/C19H31N5O2/c1-2-26-14-18(25)23-11-7-15(8-12-23)19-21-20-17(24(19)16-5-6-16)13-22-9-3-4-10-22/h15-16H,2-14H2,1H3. The Balaban J connectivity index is 1.40. The predicted molar refractivity (Wildman–Crippen MR) is 97.9 cm³/mol. The Hall–Kier alpha value is -1.47. The van der Waals surface area contributed by atoms with Crippen LogP contribution in [0.5, 0.6) is 0 Å². The van der Waals surface area contributed by atoms with E-state index in [1.807, 2.05) is 11.8 Å². The number of piperidine rings is 1. The maximum Gasteiger partial charge on any atom is 0.248 e. The highest BCUT2D eigenvalue weighted by Gasteiger charge is 2.34. The van der Waals surface area contributed by atoms with Gasteiger partial charge in [0.15, 0.2) is 0 Å². The van der Waals surface area contributed by atoms with Gasteiger partial charge in [0.05, 0.1) is 6.54 Å². The molecule has 7 nitrogen and oxygen atoms in total. The Morgan fingerprint density at radius 3 is 2.46 bits per heavy atom.